The van der Waals surface area contributed by atoms with E-state index >= 15 is 0 Å². The lowest BCUT2D eigenvalue weighted by molar-refractivity contribution is -0.147. The van der Waals surface area contributed by atoms with Crippen molar-refractivity contribution in [1.82, 2.24) is 4.90 Å². The summed E-state index contributed by atoms with van der Waals surface area (Å²) in [6, 6.07) is 0. The normalized spacial score (nSPS) is 41.6. The quantitative estimate of drug-likeness (QED) is 0.735. The molecule has 0 N–H and O–H groups in total. The smallest absolute Gasteiger partial charge is 0.302 e. The number of ether oxygens (including phenoxy) is 1. The van der Waals surface area contributed by atoms with Gasteiger partial charge in [0.15, 0.2) is 0 Å². The van der Waals surface area contributed by atoms with Crippen molar-refractivity contribution >= 4 is 11.9 Å². The Kier molecular flexibility index (Phi) is 3.53. The highest BCUT2D eigenvalue weighted by atomic mass is 16.5. The summed E-state index contributed by atoms with van der Waals surface area (Å²) in [6.45, 7) is 6.78. The van der Waals surface area contributed by atoms with Gasteiger partial charge in [0.05, 0.1) is 6.61 Å². The molecule has 3 rings (SSSR count). The molecule has 0 spiro atoms. The molecule has 21 heavy (non-hydrogen) atoms. The van der Waals surface area contributed by atoms with E-state index in [1.807, 2.05) is 0 Å². The van der Waals surface area contributed by atoms with E-state index in [9.17, 15) is 9.59 Å². The highest BCUT2D eigenvalue weighted by Gasteiger charge is 2.65. The van der Waals surface area contributed by atoms with E-state index < -0.39 is 0 Å². The van der Waals surface area contributed by atoms with Gasteiger partial charge in [-0.15, -0.1) is 0 Å². The van der Waals surface area contributed by atoms with Crippen LogP contribution in [0.3, 0.4) is 0 Å². The molecule has 2 saturated carbocycles. The lowest BCUT2D eigenvalue weighted by Gasteiger charge is -2.52. The first kappa shape index (κ1) is 14.9. The van der Waals surface area contributed by atoms with E-state index in [2.05, 4.69) is 11.8 Å². The van der Waals surface area contributed by atoms with Gasteiger partial charge in [0.1, 0.15) is 0 Å². The Balaban J connectivity index is 1.93. The molecule has 4 nitrogen and oxygen atoms in total. The molecule has 1 saturated heterocycles. The summed E-state index contributed by atoms with van der Waals surface area (Å²) in [5.41, 5.74) is 0.214. The van der Waals surface area contributed by atoms with Crippen LogP contribution in [0.1, 0.15) is 59.3 Å². The summed E-state index contributed by atoms with van der Waals surface area (Å²) in [5.74, 6) is 0.827. The van der Waals surface area contributed by atoms with Crippen LogP contribution >= 0.6 is 0 Å². The summed E-state index contributed by atoms with van der Waals surface area (Å²) < 4.78 is 5.33. The molecule has 3 fully saturated rings. The van der Waals surface area contributed by atoms with Crippen LogP contribution in [0.5, 0.6) is 0 Å². The molecule has 0 aromatic rings. The standard InChI is InChI=1S/C17H27NO3/c1-12(19)18-11-17-8-5-4-6-15(17)16(18,3)14(7-9-17)10-21-13(2)20/h14-15H,4-11H2,1-3H3/t14-,15-,16+,17+/m1/s1. The van der Waals surface area contributed by atoms with Crippen molar-refractivity contribution < 1.29 is 14.3 Å². The lowest BCUT2D eigenvalue weighted by atomic mass is 9.53. The summed E-state index contributed by atoms with van der Waals surface area (Å²) in [4.78, 5) is 25.5. The van der Waals surface area contributed by atoms with E-state index in [1.54, 1.807) is 6.92 Å². The molecule has 0 radical (unpaired) electrons. The molecule has 1 heterocycles. The van der Waals surface area contributed by atoms with Gasteiger partial charge in [0.25, 0.3) is 0 Å². The zero-order chi connectivity index (χ0) is 15.3. The molecule has 0 unspecified atom stereocenters. The zero-order valence-electron chi connectivity index (χ0n) is 13.5. The monoisotopic (exact) mass is 293 g/mol. The van der Waals surface area contributed by atoms with Crippen LogP contribution in [0.2, 0.25) is 0 Å². The molecule has 2 aliphatic carbocycles. The van der Waals surface area contributed by atoms with Gasteiger partial charge in [-0.2, -0.15) is 0 Å². The summed E-state index contributed by atoms with van der Waals surface area (Å²) in [6.07, 6.45) is 7.31. The fourth-order valence-corrected chi connectivity index (χ4v) is 5.64. The van der Waals surface area contributed by atoms with Crippen molar-refractivity contribution in [3.8, 4) is 0 Å². The second kappa shape index (κ2) is 4.99. The third-order valence-corrected chi connectivity index (χ3v) is 6.60. The van der Waals surface area contributed by atoms with Crippen molar-refractivity contribution in [3.63, 3.8) is 0 Å². The van der Waals surface area contributed by atoms with Crippen LogP contribution in [-0.2, 0) is 14.3 Å². The Morgan fingerprint density at radius 2 is 1.95 bits per heavy atom. The molecule has 1 amide bonds. The van der Waals surface area contributed by atoms with Crippen LogP contribution in [0.15, 0.2) is 0 Å². The predicted octanol–water partition coefficient (Wildman–Crippen LogP) is 2.76. The Morgan fingerprint density at radius 1 is 1.19 bits per heavy atom. The Labute approximate surface area is 127 Å². The molecule has 118 valence electrons. The molecular formula is C17H27NO3. The maximum Gasteiger partial charge on any atom is 0.302 e. The third-order valence-electron chi connectivity index (χ3n) is 6.60. The molecule has 1 aliphatic heterocycles. The first-order valence-electron chi connectivity index (χ1n) is 8.32. The Hall–Kier alpha value is -1.06. The number of hydrogen-bond acceptors (Lipinski definition) is 3. The van der Waals surface area contributed by atoms with Crippen LogP contribution in [0, 0.1) is 17.3 Å². The SMILES string of the molecule is CC(=O)OC[C@H]1CC[C@]23CCCC[C@@H]2[C@@]1(C)N(C(C)=O)C3. The van der Waals surface area contributed by atoms with Crippen LogP contribution in [0.4, 0.5) is 0 Å². The first-order chi connectivity index (χ1) is 9.90. The number of likely N-dealkylation sites (tertiary alicyclic amines) is 1. The van der Waals surface area contributed by atoms with Gasteiger partial charge in [-0.3, -0.25) is 9.59 Å². The first-order valence-corrected chi connectivity index (χ1v) is 8.32. The van der Waals surface area contributed by atoms with Crippen molar-refractivity contribution in [2.75, 3.05) is 13.2 Å². The average molecular weight is 293 g/mol. The molecule has 3 aliphatic rings. The maximum atomic E-state index is 12.2. The Bertz CT molecular complexity index is 463. The zero-order valence-corrected chi connectivity index (χ0v) is 13.5. The summed E-state index contributed by atoms with van der Waals surface area (Å²) in [5, 5.41) is 0. The molecular weight excluding hydrogens is 266 g/mol. The predicted molar refractivity (Wildman–Crippen MR) is 79.5 cm³/mol. The molecule has 4 atom stereocenters. The van der Waals surface area contributed by atoms with Gasteiger partial charge < -0.3 is 9.64 Å². The number of esters is 1. The van der Waals surface area contributed by atoms with E-state index in [0.29, 0.717) is 17.9 Å². The Morgan fingerprint density at radius 3 is 2.62 bits per heavy atom. The van der Waals surface area contributed by atoms with E-state index in [0.717, 1.165) is 13.0 Å². The molecule has 2 bridgehead atoms. The van der Waals surface area contributed by atoms with Crippen LogP contribution in [0.25, 0.3) is 0 Å². The van der Waals surface area contributed by atoms with Gasteiger partial charge in [0, 0.05) is 31.8 Å². The van der Waals surface area contributed by atoms with Crippen molar-refractivity contribution in [2.45, 2.75) is 64.8 Å². The van der Waals surface area contributed by atoms with Gasteiger partial charge in [0.2, 0.25) is 5.91 Å². The van der Waals surface area contributed by atoms with Crippen molar-refractivity contribution in [1.29, 1.82) is 0 Å². The van der Waals surface area contributed by atoms with Gasteiger partial charge >= 0.3 is 5.97 Å². The minimum absolute atomic E-state index is 0.125. The number of nitrogens with zero attached hydrogens (tertiary/aromatic N) is 1. The molecule has 0 aromatic carbocycles. The van der Waals surface area contributed by atoms with Crippen molar-refractivity contribution in [3.05, 3.63) is 0 Å². The minimum atomic E-state index is -0.216. The van der Waals surface area contributed by atoms with E-state index in [1.165, 1.54) is 39.0 Å². The van der Waals surface area contributed by atoms with Gasteiger partial charge in [-0.25, -0.2) is 0 Å². The largest absolute Gasteiger partial charge is 0.465 e. The molecule has 0 aromatic heterocycles. The minimum Gasteiger partial charge on any atom is -0.465 e. The summed E-state index contributed by atoms with van der Waals surface area (Å²) >= 11 is 0. The third kappa shape index (κ3) is 2.09. The number of carbonyl (C=O) groups is 2. The highest BCUT2D eigenvalue weighted by Crippen LogP contribution is 2.63. The van der Waals surface area contributed by atoms with Crippen LogP contribution < -0.4 is 0 Å². The van der Waals surface area contributed by atoms with Crippen LogP contribution in [-0.4, -0.2) is 35.5 Å². The van der Waals surface area contributed by atoms with E-state index in [-0.39, 0.29) is 23.3 Å². The fraction of sp³-hybridized carbons (Fsp3) is 0.882. The topological polar surface area (TPSA) is 46.6 Å². The lowest BCUT2D eigenvalue weighted by Crippen LogP contribution is -2.57. The van der Waals surface area contributed by atoms with Gasteiger partial charge in [-0.05, 0) is 43.9 Å². The average Bonchev–Trinajstić information content (AvgIpc) is 2.63. The second-order valence-electron chi connectivity index (χ2n) is 7.53. The maximum absolute atomic E-state index is 12.2. The van der Waals surface area contributed by atoms with Gasteiger partial charge in [-0.1, -0.05) is 12.8 Å². The second-order valence-corrected chi connectivity index (χ2v) is 7.53. The number of carbonyl (C=O) groups excluding carboxylic acids is 2. The van der Waals surface area contributed by atoms with Crippen molar-refractivity contribution in [2.24, 2.45) is 17.3 Å². The fourth-order valence-electron chi connectivity index (χ4n) is 5.64. The molecule has 4 heteroatoms. The number of amides is 1. The number of hydrogen-bond donors (Lipinski definition) is 0. The summed E-state index contributed by atoms with van der Waals surface area (Å²) in [7, 11) is 0. The number of rotatable bonds is 2. The highest BCUT2D eigenvalue weighted by molar-refractivity contribution is 5.75. The van der Waals surface area contributed by atoms with E-state index in [4.69, 9.17) is 4.74 Å².